The van der Waals surface area contributed by atoms with E-state index in [0.29, 0.717) is 30.6 Å². The summed E-state index contributed by atoms with van der Waals surface area (Å²) in [6.07, 6.45) is -1.74. The molecule has 0 radical (unpaired) electrons. The SMILES string of the molecule is CN(C(=O)C1CC2(CCC(=O)N2)C1)C(c1ccc(N)cn1)C(F)(F)F. The minimum Gasteiger partial charge on any atom is -0.397 e. The zero-order chi connectivity index (χ0) is 18.4. The fourth-order valence-electron chi connectivity index (χ4n) is 3.72. The van der Waals surface area contributed by atoms with Gasteiger partial charge in [-0.1, -0.05) is 0 Å². The smallest absolute Gasteiger partial charge is 0.397 e. The molecule has 1 atom stereocenters. The number of rotatable bonds is 3. The van der Waals surface area contributed by atoms with Gasteiger partial charge >= 0.3 is 6.18 Å². The van der Waals surface area contributed by atoms with Crippen molar-refractivity contribution in [2.45, 2.75) is 43.4 Å². The molecule has 6 nitrogen and oxygen atoms in total. The maximum Gasteiger partial charge on any atom is 0.414 e. The van der Waals surface area contributed by atoms with Crippen LogP contribution in [0.5, 0.6) is 0 Å². The molecule has 3 rings (SSSR count). The minimum absolute atomic E-state index is 0.0708. The summed E-state index contributed by atoms with van der Waals surface area (Å²) >= 11 is 0. The normalized spacial score (nSPS) is 26.9. The van der Waals surface area contributed by atoms with Crippen molar-refractivity contribution in [2.24, 2.45) is 5.92 Å². The second-order valence-electron chi connectivity index (χ2n) is 6.84. The second kappa shape index (κ2) is 5.89. The fourth-order valence-corrected chi connectivity index (χ4v) is 3.72. The van der Waals surface area contributed by atoms with Crippen LogP contribution in [0.1, 0.15) is 37.4 Å². The number of nitrogens with two attached hydrogens (primary N) is 1. The van der Waals surface area contributed by atoms with Crippen molar-refractivity contribution in [1.82, 2.24) is 15.2 Å². The zero-order valence-electron chi connectivity index (χ0n) is 13.6. The number of amides is 2. The van der Waals surface area contributed by atoms with Crippen molar-refractivity contribution < 1.29 is 22.8 Å². The number of carbonyl (C=O) groups excluding carboxylic acids is 2. The summed E-state index contributed by atoms with van der Waals surface area (Å²) in [7, 11) is 1.14. The number of pyridine rings is 1. The molecule has 1 aromatic rings. The number of nitrogen functional groups attached to an aromatic ring is 1. The molecule has 9 heteroatoms. The summed E-state index contributed by atoms with van der Waals surface area (Å²) in [6.45, 7) is 0. The number of nitrogens with zero attached hydrogens (tertiary/aromatic N) is 2. The Morgan fingerprint density at radius 1 is 1.44 bits per heavy atom. The number of carbonyl (C=O) groups is 2. The van der Waals surface area contributed by atoms with Gasteiger partial charge in [0.25, 0.3) is 0 Å². The summed E-state index contributed by atoms with van der Waals surface area (Å²) in [4.78, 5) is 28.3. The summed E-state index contributed by atoms with van der Waals surface area (Å²) in [5, 5.41) is 2.83. The topological polar surface area (TPSA) is 88.3 Å². The lowest BCUT2D eigenvalue weighted by Crippen LogP contribution is -2.57. The van der Waals surface area contributed by atoms with Crippen molar-refractivity contribution in [2.75, 3.05) is 12.8 Å². The van der Waals surface area contributed by atoms with E-state index in [-0.39, 0.29) is 17.3 Å². The number of aromatic nitrogens is 1. The highest BCUT2D eigenvalue weighted by molar-refractivity contribution is 5.83. The van der Waals surface area contributed by atoms with Gasteiger partial charge in [0.1, 0.15) is 0 Å². The van der Waals surface area contributed by atoms with Crippen LogP contribution in [0.4, 0.5) is 18.9 Å². The third kappa shape index (κ3) is 3.27. The van der Waals surface area contributed by atoms with Crippen LogP contribution in [0, 0.1) is 5.92 Å². The lowest BCUT2D eigenvalue weighted by molar-refractivity contribution is -0.193. The predicted molar refractivity (Wildman–Crippen MR) is 83.0 cm³/mol. The molecule has 2 heterocycles. The third-order valence-electron chi connectivity index (χ3n) is 4.99. The molecule has 2 aliphatic rings. The van der Waals surface area contributed by atoms with Crippen molar-refractivity contribution in [3.05, 3.63) is 24.0 Å². The van der Waals surface area contributed by atoms with Gasteiger partial charge < -0.3 is 16.0 Å². The molecular formula is C16H19F3N4O2. The van der Waals surface area contributed by atoms with Crippen LogP contribution in [-0.2, 0) is 9.59 Å². The van der Waals surface area contributed by atoms with Crippen molar-refractivity contribution in [3.63, 3.8) is 0 Å². The van der Waals surface area contributed by atoms with E-state index in [2.05, 4.69) is 10.3 Å². The number of alkyl halides is 3. The molecule has 1 saturated carbocycles. The number of hydrogen-bond donors (Lipinski definition) is 2. The molecule has 1 unspecified atom stereocenters. The Hall–Kier alpha value is -2.32. The van der Waals surface area contributed by atoms with E-state index in [4.69, 9.17) is 5.73 Å². The van der Waals surface area contributed by atoms with E-state index in [1.807, 2.05) is 0 Å². The van der Waals surface area contributed by atoms with E-state index in [9.17, 15) is 22.8 Å². The number of nitrogens with one attached hydrogen (secondary N) is 1. The number of halogens is 3. The van der Waals surface area contributed by atoms with Gasteiger partial charge in [-0.05, 0) is 31.4 Å². The van der Waals surface area contributed by atoms with Crippen LogP contribution in [0.15, 0.2) is 18.3 Å². The highest BCUT2D eigenvalue weighted by Gasteiger charge is 2.54. The monoisotopic (exact) mass is 356 g/mol. The molecule has 1 aliphatic carbocycles. The standard InChI is InChI=1S/C16H19F3N4O2/c1-23(13(16(17,18)19)11-3-2-10(20)8-21-11)14(25)9-6-15(7-9)5-4-12(24)22-15/h2-3,8-9,13H,4-7,20H2,1H3,(H,22,24). The fraction of sp³-hybridized carbons (Fsp3) is 0.562. The Balaban J connectivity index is 1.74. The Bertz CT molecular complexity index is 684. The van der Waals surface area contributed by atoms with Crippen LogP contribution in [0.2, 0.25) is 0 Å². The van der Waals surface area contributed by atoms with Gasteiger partial charge in [-0.2, -0.15) is 13.2 Å². The number of anilines is 1. The Morgan fingerprint density at radius 3 is 2.60 bits per heavy atom. The van der Waals surface area contributed by atoms with Gasteiger partial charge in [0.2, 0.25) is 11.8 Å². The predicted octanol–water partition coefficient (Wildman–Crippen LogP) is 1.78. The maximum atomic E-state index is 13.5. The highest BCUT2D eigenvalue weighted by Crippen LogP contribution is 2.46. The van der Waals surface area contributed by atoms with Crippen LogP contribution in [0.3, 0.4) is 0 Å². The van der Waals surface area contributed by atoms with Crippen molar-refractivity contribution in [1.29, 1.82) is 0 Å². The Kier molecular flexibility index (Phi) is 4.12. The molecule has 0 aromatic carbocycles. The average molecular weight is 356 g/mol. The second-order valence-corrected chi connectivity index (χ2v) is 6.84. The van der Waals surface area contributed by atoms with E-state index >= 15 is 0 Å². The van der Waals surface area contributed by atoms with Gasteiger partial charge in [0.05, 0.1) is 17.6 Å². The van der Waals surface area contributed by atoms with Crippen molar-refractivity contribution in [3.8, 4) is 0 Å². The first-order valence-electron chi connectivity index (χ1n) is 7.97. The molecular weight excluding hydrogens is 337 g/mol. The van der Waals surface area contributed by atoms with Gasteiger partial charge in [0, 0.05) is 24.9 Å². The minimum atomic E-state index is -4.66. The lowest BCUT2D eigenvalue weighted by atomic mass is 9.67. The van der Waals surface area contributed by atoms with E-state index in [1.54, 1.807) is 0 Å². The van der Waals surface area contributed by atoms with E-state index in [0.717, 1.165) is 13.2 Å². The van der Waals surface area contributed by atoms with Crippen LogP contribution >= 0.6 is 0 Å². The molecule has 3 N–H and O–H groups in total. The van der Waals surface area contributed by atoms with Gasteiger partial charge in [-0.25, -0.2) is 0 Å². The average Bonchev–Trinajstić information content (AvgIpc) is 2.88. The molecule has 136 valence electrons. The largest absolute Gasteiger partial charge is 0.414 e. The molecule has 2 amide bonds. The molecule has 25 heavy (non-hydrogen) atoms. The Labute approximate surface area is 142 Å². The quantitative estimate of drug-likeness (QED) is 0.864. The first-order chi connectivity index (χ1) is 11.6. The van der Waals surface area contributed by atoms with Gasteiger partial charge in [-0.15, -0.1) is 0 Å². The summed E-state index contributed by atoms with van der Waals surface area (Å²) in [5.41, 5.74) is 5.03. The molecule has 2 fully saturated rings. The van der Waals surface area contributed by atoms with Crippen LogP contribution in [0.25, 0.3) is 0 Å². The van der Waals surface area contributed by atoms with Gasteiger partial charge in [0.15, 0.2) is 6.04 Å². The zero-order valence-corrected chi connectivity index (χ0v) is 13.6. The van der Waals surface area contributed by atoms with Crippen molar-refractivity contribution >= 4 is 17.5 Å². The first kappa shape index (κ1) is 17.5. The maximum absolute atomic E-state index is 13.5. The third-order valence-corrected chi connectivity index (χ3v) is 4.99. The van der Waals surface area contributed by atoms with Gasteiger partial charge in [-0.3, -0.25) is 14.6 Å². The lowest BCUT2D eigenvalue weighted by Gasteiger charge is -2.46. The van der Waals surface area contributed by atoms with E-state index in [1.165, 1.54) is 12.1 Å². The molecule has 1 saturated heterocycles. The van der Waals surface area contributed by atoms with Crippen LogP contribution in [-0.4, -0.2) is 40.5 Å². The molecule has 1 spiro atoms. The molecule has 0 bridgehead atoms. The highest BCUT2D eigenvalue weighted by atomic mass is 19.4. The molecule has 1 aromatic heterocycles. The van der Waals surface area contributed by atoms with E-state index < -0.39 is 29.6 Å². The number of hydrogen-bond acceptors (Lipinski definition) is 4. The van der Waals surface area contributed by atoms with Crippen LogP contribution < -0.4 is 11.1 Å². The molecule has 1 aliphatic heterocycles. The summed E-state index contributed by atoms with van der Waals surface area (Å²) in [6, 6.07) is 0.373. The first-order valence-corrected chi connectivity index (χ1v) is 7.97. The summed E-state index contributed by atoms with van der Waals surface area (Å²) in [5.74, 6) is -1.19. The Morgan fingerprint density at radius 2 is 2.12 bits per heavy atom. The summed E-state index contributed by atoms with van der Waals surface area (Å²) < 4.78 is 40.6.